The zero-order chi connectivity index (χ0) is 23.5. The maximum atomic E-state index is 13.4. The van der Waals surface area contributed by atoms with Crippen molar-refractivity contribution in [1.82, 2.24) is 20.2 Å². The lowest BCUT2D eigenvalue weighted by Gasteiger charge is -2.30. The van der Waals surface area contributed by atoms with Gasteiger partial charge in [-0.05, 0) is 45.7 Å². The van der Waals surface area contributed by atoms with Crippen molar-refractivity contribution in [2.24, 2.45) is 10.9 Å². The van der Waals surface area contributed by atoms with Crippen LogP contribution in [0.5, 0.6) is 0 Å². The molecule has 1 aliphatic heterocycles. The van der Waals surface area contributed by atoms with Crippen LogP contribution in [-0.2, 0) is 16.1 Å². The van der Waals surface area contributed by atoms with Crippen LogP contribution in [-0.4, -0.2) is 31.9 Å². The fourth-order valence-corrected chi connectivity index (χ4v) is 4.28. The highest BCUT2D eigenvalue weighted by Crippen LogP contribution is 2.40. The van der Waals surface area contributed by atoms with Crippen molar-refractivity contribution in [1.29, 1.82) is 5.26 Å². The zero-order valence-corrected chi connectivity index (χ0v) is 18.4. The molecule has 0 spiro atoms. The van der Waals surface area contributed by atoms with E-state index in [9.17, 15) is 10.1 Å². The molecule has 8 nitrogen and oxygen atoms in total. The highest BCUT2D eigenvalue weighted by atomic mass is 16.5. The highest BCUT2D eigenvalue weighted by molar-refractivity contribution is 6.03. The van der Waals surface area contributed by atoms with Crippen LogP contribution in [0.2, 0.25) is 0 Å². The van der Waals surface area contributed by atoms with Gasteiger partial charge in [0.1, 0.15) is 18.6 Å². The topological polar surface area (TPSA) is 106 Å². The van der Waals surface area contributed by atoms with E-state index in [-0.39, 0.29) is 6.61 Å². The number of hydrogen-bond acceptors (Lipinski definition) is 7. The molecule has 0 aliphatic carbocycles. The minimum absolute atomic E-state index is 0.150. The summed E-state index contributed by atoms with van der Waals surface area (Å²) < 4.78 is 7.27. The van der Waals surface area contributed by atoms with Crippen LogP contribution in [0.25, 0.3) is 11.1 Å². The summed E-state index contributed by atoms with van der Waals surface area (Å²) in [5.74, 6) is -0.840. The van der Waals surface area contributed by atoms with Crippen LogP contribution in [0, 0.1) is 17.2 Å². The number of ether oxygens (including phenoxy) is 1. The summed E-state index contributed by atoms with van der Waals surface area (Å²) in [6.07, 6.45) is 0. The molecule has 1 aromatic heterocycles. The van der Waals surface area contributed by atoms with Crippen LogP contribution < -0.4 is 0 Å². The number of aromatic nitrogens is 4. The van der Waals surface area contributed by atoms with Gasteiger partial charge in [0.05, 0.1) is 11.6 Å². The van der Waals surface area contributed by atoms with E-state index in [2.05, 4.69) is 26.6 Å². The molecule has 2 unspecified atom stereocenters. The van der Waals surface area contributed by atoms with E-state index >= 15 is 0 Å². The van der Waals surface area contributed by atoms with Crippen molar-refractivity contribution in [3.05, 3.63) is 95.6 Å². The van der Waals surface area contributed by atoms with Gasteiger partial charge in [0.25, 0.3) is 5.95 Å². The maximum Gasteiger partial charge on any atom is 0.317 e. The third kappa shape index (κ3) is 3.84. The lowest BCUT2D eigenvalue weighted by molar-refractivity contribution is -0.148. The Labute approximate surface area is 196 Å². The zero-order valence-electron chi connectivity index (χ0n) is 18.4. The molecule has 2 atom stereocenters. The largest absolute Gasteiger partial charge is 0.460 e. The Morgan fingerprint density at radius 2 is 1.71 bits per heavy atom. The molecule has 0 fully saturated rings. The molecule has 5 rings (SSSR count). The van der Waals surface area contributed by atoms with Gasteiger partial charge in [-0.1, -0.05) is 77.9 Å². The van der Waals surface area contributed by atoms with E-state index in [0.29, 0.717) is 17.2 Å². The fourth-order valence-electron chi connectivity index (χ4n) is 4.28. The third-order valence-electron chi connectivity index (χ3n) is 5.88. The summed E-state index contributed by atoms with van der Waals surface area (Å²) in [5.41, 5.74) is 4.39. The molecule has 166 valence electrons. The predicted molar refractivity (Wildman–Crippen MR) is 125 cm³/mol. The van der Waals surface area contributed by atoms with Gasteiger partial charge in [-0.25, -0.2) is 9.67 Å². The summed E-state index contributed by atoms with van der Waals surface area (Å²) in [7, 11) is 0. The number of carbonyl (C=O) groups excluding carboxylic acids is 1. The molecule has 34 heavy (non-hydrogen) atoms. The van der Waals surface area contributed by atoms with E-state index in [0.717, 1.165) is 22.3 Å². The number of tetrazole rings is 1. The predicted octanol–water partition coefficient (Wildman–Crippen LogP) is 4.27. The molecule has 4 aromatic rings. The number of nitrogens with zero attached hydrogens (tertiary/aromatic N) is 6. The average molecular weight is 448 g/mol. The monoisotopic (exact) mass is 448 g/mol. The van der Waals surface area contributed by atoms with Gasteiger partial charge < -0.3 is 4.74 Å². The molecule has 0 saturated heterocycles. The third-order valence-corrected chi connectivity index (χ3v) is 5.88. The summed E-state index contributed by atoms with van der Waals surface area (Å²) in [6.45, 7) is 1.93. The second-order valence-corrected chi connectivity index (χ2v) is 7.94. The van der Waals surface area contributed by atoms with E-state index < -0.39 is 17.9 Å². The molecular weight excluding hydrogens is 428 g/mol. The first-order valence-electron chi connectivity index (χ1n) is 10.8. The molecule has 3 aromatic carbocycles. The molecule has 2 heterocycles. The molecule has 0 saturated carbocycles. The highest BCUT2D eigenvalue weighted by Gasteiger charge is 2.41. The maximum absolute atomic E-state index is 13.4. The van der Waals surface area contributed by atoms with Gasteiger partial charge in [0.2, 0.25) is 0 Å². The Bertz CT molecular complexity index is 1420. The first kappa shape index (κ1) is 21.2. The first-order valence-corrected chi connectivity index (χ1v) is 10.8. The lowest BCUT2D eigenvalue weighted by Crippen LogP contribution is -2.37. The molecule has 0 radical (unpaired) electrons. The summed E-state index contributed by atoms with van der Waals surface area (Å²) in [5, 5.41) is 21.6. The number of esters is 1. The minimum atomic E-state index is -0.741. The summed E-state index contributed by atoms with van der Waals surface area (Å²) in [6, 6.07) is 26.2. The van der Waals surface area contributed by atoms with Gasteiger partial charge in [0.15, 0.2) is 0 Å². The van der Waals surface area contributed by atoms with E-state index in [4.69, 9.17) is 4.74 Å². The second kappa shape index (κ2) is 9.08. The van der Waals surface area contributed by atoms with Crippen LogP contribution in [0.1, 0.15) is 29.7 Å². The molecule has 0 amide bonds. The van der Waals surface area contributed by atoms with E-state index in [1.54, 1.807) is 17.7 Å². The SMILES string of the molecule is CC1=Nc2nnnn2C(c2ccccc2-c2ccccc2C#N)C1C(=O)OCc1ccccc1. The van der Waals surface area contributed by atoms with Gasteiger partial charge in [-0.2, -0.15) is 5.26 Å². The lowest BCUT2D eigenvalue weighted by atomic mass is 9.84. The van der Waals surface area contributed by atoms with Gasteiger partial charge in [-0.3, -0.25) is 4.79 Å². The van der Waals surface area contributed by atoms with Crippen LogP contribution >= 0.6 is 0 Å². The summed E-state index contributed by atoms with van der Waals surface area (Å²) >= 11 is 0. The van der Waals surface area contributed by atoms with Gasteiger partial charge in [0, 0.05) is 5.71 Å². The van der Waals surface area contributed by atoms with Crippen LogP contribution in [0.4, 0.5) is 5.95 Å². The van der Waals surface area contributed by atoms with Crippen LogP contribution in [0.15, 0.2) is 83.9 Å². The van der Waals surface area contributed by atoms with Crippen molar-refractivity contribution < 1.29 is 9.53 Å². The van der Waals surface area contributed by atoms with Crippen molar-refractivity contribution >= 4 is 17.6 Å². The van der Waals surface area contributed by atoms with Crippen molar-refractivity contribution in [2.75, 3.05) is 0 Å². The second-order valence-electron chi connectivity index (χ2n) is 7.94. The number of rotatable bonds is 5. The Morgan fingerprint density at radius 1 is 1.00 bits per heavy atom. The molecule has 0 N–H and O–H groups in total. The minimum Gasteiger partial charge on any atom is -0.460 e. The Morgan fingerprint density at radius 3 is 2.50 bits per heavy atom. The standard InChI is InChI=1S/C26H20N6O2/c1-17-23(25(33)34-16-18-9-3-2-4-10-18)24(32-26(28-17)29-30-31-32)22-14-8-7-13-21(22)20-12-6-5-11-19(20)15-27/h2-14,23-24H,16H2,1H3. The molecule has 8 heteroatoms. The van der Waals surface area contributed by atoms with E-state index in [1.165, 1.54) is 0 Å². The number of nitriles is 1. The van der Waals surface area contributed by atoms with Gasteiger partial charge in [-0.15, -0.1) is 0 Å². The summed E-state index contributed by atoms with van der Waals surface area (Å²) in [4.78, 5) is 17.9. The van der Waals surface area contributed by atoms with Crippen LogP contribution in [0.3, 0.4) is 0 Å². The smallest absolute Gasteiger partial charge is 0.317 e. The number of benzene rings is 3. The average Bonchev–Trinajstić information content (AvgIpc) is 3.35. The molecule has 0 bridgehead atoms. The molecular formula is C26H20N6O2. The number of carbonyl (C=O) groups is 1. The Balaban J connectivity index is 1.59. The fraction of sp³-hybridized carbons (Fsp3) is 0.154. The first-order chi connectivity index (χ1) is 16.7. The van der Waals surface area contributed by atoms with Crippen molar-refractivity contribution in [3.8, 4) is 17.2 Å². The Kier molecular flexibility index (Phi) is 5.67. The quantitative estimate of drug-likeness (QED) is 0.422. The van der Waals surface area contributed by atoms with Crippen molar-refractivity contribution in [2.45, 2.75) is 19.6 Å². The van der Waals surface area contributed by atoms with Gasteiger partial charge >= 0.3 is 5.97 Å². The number of aliphatic imine (C=N–C) groups is 1. The number of hydrogen-bond donors (Lipinski definition) is 0. The normalized spacial score (nSPS) is 16.8. The molecule has 1 aliphatic rings. The Hall–Kier alpha value is -4.64. The number of fused-ring (bicyclic) bond motifs is 1. The van der Waals surface area contributed by atoms with Crippen molar-refractivity contribution in [3.63, 3.8) is 0 Å². The van der Waals surface area contributed by atoms with E-state index in [1.807, 2.05) is 72.8 Å².